The summed E-state index contributed by atoms with van der Waals surface area (Å²) in [6, 6.07) is 7.89. The van der Waals surface area contributed by atoms with Gasteiger partial charge in [-0.15, -0.1) is 0 Å². The Kier molecular flexibility index (Phi) is 4.22. The summed E-state index contributed by atoms with van der Waals surface area (Å²) < 4.78 is 5.57. The van der Waals surface area contributed by atoms with E-state index >= 15 is 0 Å². The van der Waals surface area contributed by atoms with Crippen LogP contribution in [0.5, 0.6) is 5.75 Å². The molecule has 0 fully saturated rings. The van der Waals surface area contributed by atoms with E-state index in [-0.39, 0.29) is 24.5 Å². The number of ether oxygens (including phenoxy) is 1. The summed E-state index contributed by atoms with van der Waals surface area (Å²) >= 11 is 0. The summed E-state index contributed by atoms with van der Waals surface area (Å²) in [5.41, 5.74) is 6.84. The van der Waals surface area contributed by atoms with Crippen LogP contribution in [0.3, 0.4) is 0 Å². The molecular weight excluding hydrogens is 244 g/mol. The molecule has 0 saturated heterocycles. The fourth-order valence-corrected chi connectivity index (χ4v) is 1.95. The normalized spacial score (nSPS) is 18.2. The number of hydrogen-bond donors (Lipinski definition) is 3. The van der Waals surface area contributed by atoms with Gasteiger partial charge in [0.05, 0.1) is 12.6 Å². The van der Waals surface area contributed by atoms with Crippen molar-refractivity contribution in [2.45, 2.75) is 12.5 Å². The van der Waals surface area contributed by atoms with Gasteiger partial charge >= 0.3 is 0 Å². The third kappa shape index (κ3) is 3.37. The van der Waals surface area contributed by atoms with Gasteiger partial charge < -0.3 is 21.1 Å². The molecule has 102 valence electrons. The highest BCUT2D eigenvalue weighted by molar-refractivity contribution is 5.84. The summed E-state index contributed by atoms with van der Waals surface area (Å²) in [4.78, 5) is 15.1. The molecule has 1 aromatic carbocycles. The molecule has 19 heavy (non-hydrogen) atoms. The van der Waals surface area contributed by atoms with Crippen molar-refractivity contribution < 1.29 is 9.53 Å². The summed E-state index contributed by atoms with van der Waals surface area (Å²) in [6.45, 7) is 0.664. The third-order valence-electron chi connectivity index (χ3n) is 2.95. The second-order valence-corrected chi connectivity index (χ2v) is 4.25. The van der Waals surface area contributed by atoms with Crippen LogP contribution in [0.25, 0.3) is 0 Å². The molecule has 6 nitrogen and oxygen atoms in total. The van der Waals surface area contributed by atoms with Gasteiger partial charge in [-0.05, 0) is 6.07 Å². The van der Waals surface area contributed by atoms with Crippen LogP contribution in [0.4, 0.5) is 0 Å². The third-order valence-corrected chi connectivity index (χ3v) is 2.95. The maximum atomic E-state index is 11.1. The Morgan fingerprint density at radius 2 is 2.32 bits per heavy atom. The van der Waals surface area contributed by atoms with Crippen molar-refractivity contribution in [3.8, 4) is 5.75 Å². The lowest BCUT2D eigenvalue weighted by atomic mass is 10.0. The molecule has 0 aromatic heterocycles. The Hall–Kier alpha value is -2.24. The highest BCUT2D eigenvalue weighted by Crippen LogP contribution is 2.31. The minimum absolute atomic E-state index is 0.0280. The maximum Gasteiger partial charge on any atom is 0.241 e. The van der Waals surface area contributed by atoms with Crippen LogP contribution in [0, 0.1) is 0 Å². The standard InChI is InChI=1S/C13H18N4O2/c1-15-12(18)8-16-13(14)17-10-6-7-19-11-5-3-2-4-9(10)11/h2-5,10H,6-8H2,1H3,(H,15,18)(H3,14,16,17). The Balaban J connectivity index is 2.02. The molecule has 0 aliphatic carbocycles. The Morgan fingerprint density at radius 3 is 3.11 bits per heavy atom. The average molecular weight is 262 g/mol. The van der Waals surface area contributed by atoms with Crippen molar-refractivity contribution in [2.24, 2.45) is 10.7 Å². The zero-order valence-corrected chi connectivity index (χ0v) is 10.8. The molecule has 1 atom stereocenters. The molecule has 0 radical (unpaired) electrons. The number of hydrogen-bond acceptors (Lipinski definition) is 3. The van der Waals surface area contributed by atoms with Gasteiger partial charge in [0, 0.05) is 19.0 Å². The van der Waals surface area contributed by atoms with Crippen LogP contribution in [-0.4, -0.2) is 32.1 Å². The zero-order chi connectivity index (χ0) is 13.7. The molecule has 4 N–H and O–H groups in total. The molecule has 1 aliphatic rings. The molecule has 1 heterocycles. The smallest absolute Gasteiger partial charge is 0.241 e. The number of aliphatic imine (C=N–C) groups is 1. The van der Waals surface area contributed by atoms with Gasteiger partial charge in [-0.1, -0.05) is 18.2 Å². The van der Waals surface area contributed by atoms with E-state index in [0.29, 0.717) is 6.61 Å². The van der Waals surface area contributed by atoms with E-state index in [4.69, 9.17) is 10.5 Å². The summed E-state index contributed by atoms with van der Waals surface area (Å²) in [5, 5.41) is 5.61. The topological polar surface area (TPSA) is 88.7 Å². The van der Waals surface area contributed by atoms with Gasteiger partial charge in [0.15, 0.2) is 5.96 Å². The number of benzene rings is 1. The molecule has 6 heteroatoms. The first kappa shape index (κ1) is 13.2. The van der Waals surface area contributed by atoms with E-state index in [1.54, 1.807) is 7.05 Å². The number of rotatable bonds is 3. The number of carbonyl (C=O) groups excluding carboxylic acids is 1. The highest BCUT2D eigenvalue weighted by atomic mass is 16.5. The molecule has 0 bridgehead atoms. The second-order valence-electron chi connectivity index (χ2n) is 4.25. The number of nitrogens with one attached hydrogen (secondary N) is 2. The van der Waals surface area contributed by atoms with Gasteiger partial charge in [-0.3, -0.25) is 4.79 Å². The van der Waals surface area contributed by atoms with Crippen molar-refractivity contribution in [2.75, 3.05) is 20.2 Å². The first-order valence-corrected chi connectivity index (χ1v) is 6.19. The summed E-state index contributed by atoms with van der Waals surface area (Å²) in [5.74, 6) is 0.966. The first-order valence-electron chi connectivity index (χ1n) is 6.19. The first-order chi connectivity index (χ1) is 9.20. The number of nitrogens with two attached hydrogens (primary N) is 1. The van der Waals surface area contributed by atoms with Crippen molar-refractivity contribution in [1.29, 1.82) is 0 Å². The van der Waals surface area contributed by atoms with Crippen molar-refractivity contribution in [3.05, 3.63) is 29.8 Å². The minimum atomic E-state index is -0.169. The molecular formula is C13H18N4O2. The maximum absolute atomic E-state index is 11.1. The monoisotopic (exact) mass is 262 g/mol. The van der Waals surface area contributed by atoms with Crippen molar-refractivity contribution in [3.63, 3.8) is 0 Å². The number of fused-ring (bicyclic) bond motifs is 1. The minimum Gasteiger partial charge on any atom is -0.493 e. The van der Waals surface area contributed by atoms with Crippen LogP contribution in [0.2, 0.25) is 0 Å². The van der Waals surface area contributed by atoms with Crippen molar-refractivity contribution >= 4 is 11.9 Å². The number of guanidine groups is 1. The average Bonchev–Trinajstić information content (AvgIpc) is 2.45. The predicted octanol–water partition coefficient (Wildman–Crippen LogP) is 0.161. The van der Waals surface area contributed by atoms with Gasteiger partial charge in [0.25, 0.3) is 0 Å². The van der Waals surface area contributed by atoms with Crippen LogP contribution in [0.1, 0.15) is 18.0 Å². The molecule has 1 aliphatic heterocycles. The van der Waals surface area contributed by atoms with Crippen LogP contribution >= 0.6 is 0 Å². The fourth-order valence-electron chi connectivity index (χ4n) is 1.95. The van der Waals surface area contributed by atoms with Gasteiger partial charge in [-0.2, -0.15) is 0 Å². The van der Waals surface area contributed by atoms with E-state index in [9.17, 15) is 4.79 Å². The predicted molar refractivity (Wildman–Crippen MR) is 73.0 cm³/mol. The van der Waals surface area contributed by atoms with Crippen molar-refractivity contribution in [1.82, 2.24) is 10.6 Å². The lowest BCUT2D eigenvalue weighted by Crippen LogP contribution is -2.38. The number of para-hydroxylation sites is 1. The lowest BCUT2D eigenvalue weighted by Gasteiger charge is -2.26. The molecule has 1 unspecified atom stereocenters. The van der Waals surface area contributed by atoms with E-state index in [0.717, 1.165) is 17.7 Å². The number of likely N-dealkylation sites (N-methyl/N-ethyl adjacent to an activating group) is 1. The van der Waals surface area contributed by atoms with Gasteiger partial charge in [0.2, 0.25) is 5.91 Å². The highest BCUT2D eigenvalue weighted by Gasteiger charge is 2.21. The molecule has 0 spiro atoms. The molecule has 1 aromatic rings. The summed E-state index contributed by atoms with van der Waals surface area (Å²) in [6.07, 6.45) is 0.813. The van der Waals surface area contributed by atoms with E-state index in [1.807, 2.05) is 24.3 Å². The van der Waals surface area contributed by atoms with E-state index in [1.165, 1.54) is 0 Å². The summed E-state index contributed by atoms with van der Waals surface area (Å²) in [7, 11) is 1.57. The SMILES string of the molecule is CNC(=O)CN=C(N)NC1CCOc2ccccc21. The van der Waals surface area contributed by atoms with E-state index < -0.39 is 0 Å². The Morgan fingerprint density at radius 1 is 1.53 bits per heavy atom. The number of carbonyl (C=O) groups is 1. The molecule has 2 rings (SSSR count). The Bertz CT molecular complexity index is 487. The van der Waals surface area contributed by atoms with Gasteiger partial charge in [-0.25, -0.2) is 4.99 Å². The van der Waals surface area contributed by atoms with Gasteiger partial charge in [0.1, 0.15) is 12.3 Å². The lowest BCUT2D eigenvalue weighted by molar-refractivity contribution is -0.119. The largest absolute Gasteiger partial charge is 0.493 e. The van der Waals surface area contributed by atoms with Crippen LogP contribution in [-0.2, 0) is 4.79 Å². The van der Waals surface area contributed by atoms with Crippen LogP contribution < -0.4 is 21.1 Å². The quantitative estimate of drug-likeness (QED) is 0.535. The number of amides is 1. The zero-order valence-electron chi connectivity index (χ0n) is 10.8. The van der Waals surface area contributed by atoms with Crippen LogP contribution in [0.15, 0.2) is 29.3 Å². The Labute approximate surface area is 112 Å². The second kappa shape index (κ2) is 6.08. The molecule has 1 amide bonds. The molecule has 0 saturated carbocycles. The number of nitrogens with zero attached hydrogens (tertiary/aromatic N) is 1. The van der Waals surface area contributed by atoms with E-state index in [2.05, 4.69) is 15.6 Å². The fraction of sp³-hybridized carbons (Fsp3) is 0.385.